The van der Waals surface area contributed by atoms with E-state index in [9.17, 15) is 14.7 Å². The first kappa shape index (κ1) is 14.9. The molecule has 2 heterocycles. The predicted octanol–water partition coefficient (Wildman–Crippen LogP) is 1.99. The molecule has 1 aliphatic heterocycles. The summed E-state index contributed by atoms with van der Waals surface area (Å²) in [5, 5.41) is 13.4. The van der Waals surface area contributed by atoms with Gasteiger partial charge in [-0.1, -0.05) is 25.3 Å². The number of aliphatic carboxylic acids is 1. The van der Waals surface area contributed by atoms with E-state index < -0.39 is 11.4 Å². The van der Waals surface area contributed by atoms with Crippen LogP contribution in [0.3, 0.4) is 0 Å². The summed E-state index contributed by atoms with van der Waals surface area (Å²) >= 11 is 1.09. The minimum Gasteiger partial charge on any atom is -0.481 e. The standard InChI is InChI=1S/C13H19N3O3S/c1-4-13(12(18)19)5-6-16(7-13)11(17)10-9(8(2)3)14-15-20-10/h8H,4-7H2,1-3H3,(H,18,19). The molecule has 2 rings (SSSR count). The molecule has 0 saturated carbocycles. The van der Waals surface area contributed by atoms with Gasteiger partial charge in [-0.3, -0.25) is 9.59 Å². The summed E-state index contributed by atoms with van der Waals surface area (Å²) in [5.41, 5.74) is -0.101. The van der Waals surface area contributed by atoms with Crippen LogP contribution in [0.2, 0.25) is 0 Å². The van der Waals surface area contributed by atoms with Crippen LogP contribution >= 0.6 is 11.5 Å². The minimum absolute atomic E-state index is 0.130. The molecular weight excluding hydrogens is 278 g/mol. The van der Waals surface area contributed by atoms with Crippen LogP contribution in [0.15, 0.2) is 0 Å². The molecule has 1 amide bonds. The van der Waals surface area contributed by atoms with Crippen LogP contribution in [0.5, 0.6) is 0 Å². The lowest BCUT2D eigenvalue weighted by atomic mass is 9.84. The van der Waals surface area contributed by atoms with E-state index >= 15 is 0 Å². The Balaban J connectivity index is 2.20. The number of rotatable bonds is 4. The fraction of sp³-hybridized carbons (Fsp3) is 0.692. The van der Waals surface area contributed by atoms with Crippen LogP contribution in [0.4, 0.5) is 0 Å². The zero-order valence-electron chi connectivity index (χ0n) is 11.9. The van der Waals surface area contributed by atoms with Crippen molar-refractivity contribution in [3.8, 4) is 0 Å². The molecule has 1 aromatic heterocycles. The Morgan fingerprint density at radius 1 is 1.50 bits per heavy atom. The number of carbonyl (C=O) groups is 2. The van der Waals surface area contributed by atoms with Gasteiger partial charge in [0, 0.05) is 13.1 Å². The van der Waals surface area contributed by atoms with Crippen LogP contribution < -0.4 is 0 Å². The second-order valence-corrected chi connectivity index (χ2v) is 6.31. The highest BCUT2D eigenvalue weighted by molar-refractivity contribution is 7.08. The van der Waals surface area contributed by atoms with Crippen molar-refractivity contribution in [3.05, 3.63) is 10.6 Å². The predicted molar refractivity (Wildman–Crippen MR) is 74.9 cm³/mol. The number of likely N-dealkylation sites (tertiary alicyclic amines) is 1. The lowest BCUT2D eigenvalue weighted by Crippen LogP contribution is -2.36. The van der Waals surface area contributed by atoms with E-state index in [1.165, 1.54) is 0 Å². The quantitative estimate of drug-likeness (QED) is 0.918. The van der Waals surface area contributed by atoms with Gasteiger partial charge >= 0.3 is 5.97 Å². The molecule has 1 unspecified atom stereocenters. The molecule has 1 fully saturated rings. The van der Waals surface area contributed by atoms with Gasteiger partial charge in [0.2, 0.25) is 0 Å². The van der Waals surface area contributed by atoms with Gasteiger partial charge in [-0.2, -0.15) is 0 Å². The maximum Gasteiger partial charge on any atom is 0.311 e. The van der Waals surface area contributed by atoms with E-state index in [-0.39, 0.29) is 18.4 Å². The summed E-state index contributed by atoms with van der Waals surface area (Å²) < 4.78 is 3.86. The fourth-order valence-corrected chi connectivity index (χ4v) is 3.32. The molecule has 0 bridgehead atoms. The van der Waals surface area contributed by atoms with E-state index in [2.05, 4.69) is 9.59 Å². The lowest BCUT2D eigenvalue weighted by molar-refractivity contribution is -0.148. The number of amides is 1. The molecule has 1 atom stereocenters. The zero-order chi connectivity index (χ0) is 14.9. The number of carbonyl (C=O) groups excluding carboxylic acids is 1. The van der Waals surface area contributed by atoms with Gasteiger partial charge in [0.05, 0.1) is 11.1 Å². The second-order valence-electron chi connectivity index (χ2n) is 5.56. The highest BCUT2D eigenvalue weighted by atomic mass is 32.1. The second kappa shape index (κ2) is 5.47. The smallest absolute Gasteiger partial charge is 0.311 e. The highest BCUT2D eigenvalue weighted by Gasteiger charge is 2.45. The van der Waals surface area contributed by atoms with Crippen LogP contribution in [-0.2, 0) is 4.79 Å². The van der Waals surface area contributed by atoms with Crippen molar-refractivity contribution in [1.82, 2.24) is 14.5 Å². The number of nitrogens with zero attached hydrogens (tertiary/aromatic N) is 3. The molecular formula is C13H19N3O3S. The normalized spacial score (nSPS) is 22.5. The van der Waals surface area contributed by atoms with Gasteiger partial charge in [0.1, 0.15) is 4.88 Å². The van der Waals surface area contributed by atoms with Crippen molar-refractivity contribution in [2.75, 3.05) is 13.1 Å². The Labute approximate surface area is 122 Å². The molecule has 1 N–H and O–H groups in total. The van der Waals surface area contributed by atoms with Crippen LogP contribution in [0, 0.1) is 5.41 Å². The summed E-state index contributed by atoms with van der Waals surface area (Å²) in [7, 11) is 0. The molecule has 0 spiro atoms. The van der Waals surface area contributed by atoms with Crippen molar-refractivity contribution in [2.24, 2.45) is 5.41 Å². The Bertz CT molecular complexity index is 529. The van der Waals surface area contributed by atoms with Crippen molar-refractivity contribution >= 4 is 23.4 Å². The van der Waals surface area contributed by atoms with Gasteiger partial charge in [0.15, 0.2) is 0 Å². The Hall–Kier alpha value is -1.50. The largest absolute Gasteiger partial charge is 0.481 e. The summed E-state index contributed by atoms with van der Waals surface area (Å²) in [6.45, 7) is 6.54. The number of carboxylic acids is 1. The van der Waals surface area contributed by atoms with Crippen LogP contribution in [0.1, 0.15) is 54.9 Å². The first-order valence-electron chi connectivity index (χ1n) is 6.76. The average molecular weight is 297 g/mol. The molecule has 0 radical (unpaired) electrons. The van der Waals surface area contributed by atoms with Gasteiger partial charge in [-0.05, 0) is 30.3 Å². The number of hydrogen-bond acceptors (Lipinski definition) is 5. The van der Waals surface area contributed by atoms with Gasteiger partial charge < -0.3 is 10.0 Å². The van der Waals surface area contributed by atoms with E-state index in [1.807, 2.05) is 20.8 Å². The molecule has 7 heteroatoms. The summed E-state index contributed by atoms with van der Waals surface area (Å²) in [6.07, 6.45) is 1.04. The van der Waals surface area contributed by atoms with E-state index in [0.717, 1.165) is 11.5 Å². The fourth-order valence-electron chi connectivity index (χ4n) is 2.53. The summed E-state index contributed by atoms with van der Waals surface area (Å²) in [4.78, 5) is 26.1. The number of aromatic nitrogens is 2. The Morgan fingerprint density at radius 3 is 2.70 bits per heavy atom. The SMILES string of the molecule is CCC1(C(=O)O)CCN(C(=O)c2snnc2C(C)C)C1. The van der Waals surface area contributed by atoms with E-state index in [1.54, 1.807) is 4.90 Å². The first-order chi connectivity index (χ1) is 9.41. The Kier molecular flexibility index (Phi) is 4.08. The van der Waals surface area contributed by atoms with E-state index in [0.29, 0.717) is 30.0 Å². The van der Waals surface area contributed by atoms with Gasteiger partial charge in [-0.15, -0.1) is 5.10 Å². The van der Waals surface area contributed by atoms with Gasteiger partial charge in [0.25, 0.3) is 5.91 Å². The molecule has 0 aliphatic carbocycles. The van der Waals surface area contributed by atoms with E-state index in [4.69, 9.17) is 0 Å². The third-order valence-corrected chi connectivity index (χ3v) is 4.76. The molecule has 1 aromatic rings. The van der Waals surface area contributed by atoms with Crippen LogP contribution in [-0.4, -0.2) is 44.6 Å². The minimum atomic E-state index is -0.818. The summed E-state index contributed by atoms with van der Waals surface area (Å²) in [6, 6.07) is 0. The maximum absolute atomic E-state index is 12.5. The van der Waals surface area contributed by atoms with Crippen molar-refractivity contribution in [2.45, 2.75) is 39.5 Å². The lowest BCUT2D eigenvalue weighted by Gasteiger charge is -2.22. The molecule has 0 aromatic carbocycles. The summed E-state index contributed by atoms with van der Waals surface area (Å²) in [5.74, 6) is -0.826. The van der Waals surface area contributed by atoms with Crippen molar-refractivity contribution in [3.63, 3.8) is 0 Å². The van der Waals surface area contributed by atoms with Crippen molar-refractivity contribution < 1.29 is 14.7 Å². The molecule has 6 nitrogen and oxygen atoms in total. The molecule has 110 valence electrons. The first-order valence-corrected chi connectivity index (χ1v) is 7.53. The number of carboxylic acid groups (broad SMARTS) is 1. The average Bonchev–Trinajstić information content (AvgIpc) is 3.05. The zero-order valence-corrected chi connectivity index (χ0v) is 12.7. The number of hydrogen-bond donors (Lipinski definition) is 1. The monoisotopic (exact) mass is 297 g/mol. The third-order valence-electron chi connectivity index (χ3n) is 4.03. The maximum atomic E-state index is 12.5. The highest BCUT2D eigenvalue weighted by Crippen LogP contribution is 2.35. The molecule has 20 heavy (non-hydrogen) atoms. The van der Waals surface area contributed by atoms with Crippen LogP contribution in [0.25, 0.3) is 0 Å². The third kappa shape index (κ3) is 2.42. The Morgan fingerprint density at radius 2 is 2.20 bits per heavy atom. The van der Waals surface area contributed by atoms with Crippen molar-refractivity contribution in [1.29, 1.82) is 0 Å². The molecule has 1 aliphatic rings. The van der Waals surface area contributed by atoms with Gasteiger partial charge in [-0.25, -0.2) is 0 Å². The molecule has 1 saturated heterocycles. The topological polar surface area (TPSA) is 83.4 Å².